The molecule has 0 radical (unpaired) electrons. The topological polar surface area (TPSA) is 20.2 Å². The zero-order chi connectivity index (χ0) is 8.27. The minimum Gasteiger partial charge on any atom is -0.396 e. The zero-order valence-corrected chi connectivity index (χ0v) is 7.95. The van der Waals surface area contributed by atoms with Crippen LogP contribution >= 0.6 is 22.9 Å². The number of hydrogen-bond donors (Lipinski definition) is 1. The first-order chi connectivity index (χ1) is 5.22. The SMILES string of the molecule is CC(CO)Cc1ccc(Cl)s1. The van der Waals surface area contributed by atoms with E-state index in [1.165, 1.54) is 4.88 Å². The highest BCUT2D eigenvalue weighted by atomic mass is 35.5. The van der Waals surface area contributed by atoms with Crippen LogP contribution in [0.2, 0.25) is 4.34 Å². The van der Waals surface area contributed by atoms with E-state index in [0.29, 0.717) is 5.92 Å². The van der Waals surface area contributed by atoms with Gasteiger partial charge in [0.25, 0.3) is 0 Å². The molecule has 1 N–H and O–H groups in total. The average Bonchev–Trinajstić information content (AvgIpc) is 2.35. The van der Waals surface area contributed by atoms with E-state index < -0.39 is 0 Å². The molecule has 1 rings (SSSR count). The van der Waals surface area contributed by atoms with Gasteiger partial charge < -0.3 is 5.11 Å². The Kier molecular flexibility index (Phi) is 3.37. The van der Waals surface area contributed by atoms with Crippen molar-refractivity contribution in [1.29, 1.82) is 0 Å². The molecule has 0 bridgehead atoms. The van der Waals surface area contributed by atoms with E-state index >= 15 is 0 Å². The second-order valence-electron chi connectivity index (χ2n) is 2.70. The van der Waals surface area contributed by atoms with E-state index in [1.54, 1.807) is 11.3 Å². The van der Waals surface area contributed by atoms with Gasteiger partial charge in [-0.05, 0) is 24.5 Å². The summed E-state index contributed by atoms with van der Waals surface area (Å²) < 4.78 is 0.824. The van der Waals surface area contributed by atoms with E-state index in [1.807, 2.05) is 19.1 Å². The molecular weight excluding hydrogens is 180 g/mol. The van der Waals surface area contributed by atoms with Crippen LogP contribution in [-0.2, 0) is 6.42 Å². The second-order valence-corrected chi connectivity index (χ2v) is 4.50. The quantitative estimate of drug-likeness (QED) is 0.777. The zero-order valence-electron chi connectivity index (χ0n) is 6.38. The van der Waals surface area contributed by atoms with Gasteiger partial charge in [-0.2, -0.15) is 0 Å². The Balaban J connectivity index is 2.50. The van der Waals surface area contributed by atoms with Crippen molar-refractivity contribution in [2.45, 2.75) is 13.3 Å². The summed E-state index contributed by atoms with van der Waals surface area (Å²) in [6.07, 6.45) is 0.924. The smallest absolute Gasteiger partial charge is 0.0931 e. The van der Waals surface area contributed by atoms with E-state index in [0.717, 1.165) is 10.8 Å². The number of rotatable bonds is 3. The number of thiophene rings is 1. The van der Waals surface area contributed by atoms with Gasteiger partial charge in [-0.25, -0.2) is 0 Å². The van der Waals surface area contributed by atoms with Crippen molar-refractivity contribution in [1.82, 2.24) is 0 Å². The number of aliphatic hydroxyl groups excluding tert-OH is 1. The van der Waals surface area contributed by atoms with Gasteiger partial charge in [0.1, 0.15) is 0 Å². The molecule has 62 valence electrons. The molecule has 0 aliphatic heterocycles. The summed E-state index contributed by atoms with van der Waals surface area (Å²) in [4.78, 5) is 1.25. The lowest BCUT2D eigenvalue weighted by atomic mass is 10.1. The van der Waals surface area contributed by atoms with Gasteiger partial charge in [0.2, 0.25) is 0 Å². The minimum atomic E-state index is 0.246. The molecule has 0 fully saturated rings. The first-order valence-corrected chi connectivity index (χ1v) is 4.77. The Labute approximate surface area is 75.6 Å². The van der Waals surface area contributed by atoms with Crippen LogP contribution in [0.5, 0.6) is 0 Å². The fraction of sp³-hybridized carbons (Fsp3) is 0.500. The molecule has 1 heterocycles. The molecule has 1 aromatic rings. The molecular formula is C8H11ClOS. The summed E-state index contributed by atoms with van der Waals surface area (Å²) in [6, 6.07) is 3.91. The fourth-order valence-electron chi connectivity index (χ4n) is 0.869. The van der Waals surface area contributed by atoms with Crippen LogP contribution in [0.3, 0.4) is 0 Å². The molecule has 11 heavy (non-hydrogen) atoms. The molecule has 0 saturated heterocycles. The van der Waals surface area contributed by atoms with Crippen LogP contribution in [0, 0.1) is 5.92 Å². The summed E-state index contributed by atoms with van der Waals surface area (Å²) in [6.45, 7) is 2.27. The predicted octanol–water partition coefficient (Wildman–Crippen LogP) is 2.57. The Morgan fingerprint density at radius 3 is 2.82 bits per heavy atom. The van der Waals surface area contributed by atoms with Crippen molar-refractivity contribution >= 4 is 22.9 Å². The van der Waals surface area contributed by atoms with Crippen LogP contribution in [-0.4, -0.2) is 11.7 Å². The fourth-order valence-corrected chi connectivity index (χ4v) is 2.12. The number of aliphatic hydroxyl groups is 1. The lowest BCUT2D eigenvalue weighted by molar-refractivity contribution is 0.237. The van der Waals surface area contributed by atoms with Crippen molar-refractivity contribution in [3.63, 3.8) is 0 Å². The van der Waals surface area contributed by atoms with Crippen molar-refractivity contribution in [2.75, 3.05) is 6.61 Å². The molecule has 0 aromatic carbocycles. The Bertz CT molecular complexity index is 222. The van der Waals surface area contributed by atoms with Crippen molar-refractivity contribution in [3.8, 4) is 0 Å². The first-order valence-electron chi connectivity index (χ1n) is 3.57. The molecule has 1 aromatic heterocycles. The van der Waals surface area contributed by atoms with Gasteiger partial charge in [0.15, 0.2) is 0 Å². The normalized spacial score (nSPS) is 13.4. The maximum atomic E-state index is 8.77. The van der Waals surface area contributed by atoms with Gasteiger partial charge in [-0.15, -0.1) is 11.3 Å². The molecule has 0 spiro atoms. The van der Waals surface area contributed by atoms with E-state index in [9.17, 15) is 0 Å². The Hall–Kier alpha value is -0.0500. The van der Waals surface area contributed by atoms with Crippen LogP contribution < -0.4 is 0 Å². The number of halogens is 1. The second kappa shape index (κ2) is 4.10. The molecule has 1 nitrogen and oxygen atoms in total. The standard InChI is InChI=1S/C8H11ClOS/c1-6(5-10)4-7-2-3-8(9)11-7/h2-3,6,10H,4-5H2,1H3. The highest BCUT2D eigenvalue weighted by Gasteiger charge is 2.03. The maximum absolute atomic E-state index is 8.77. The summed E-state index contributed by atoms with van der Waals surface area (Å²) >= 11 is 7.33. The Morgan fingerprint density at radius 2 is 2.36 bits per heavy atom. The predicted molar refractivity (Wildman–Crippen MR) is 49.3 cm³/mol. The third-order valence-electron chi connectivity index (χ3n) is 1.49. The largest absolute Gasteiger partial charge is 0.396 e. The third kappa shape index (κ3) is 2.81. The van der Waals surface area contributed by atoms with Gasteiger partial charge in [0.05, 0.1) is 4.34 Å². The summed E-state index contributed by atoms with van der Waals surface area (Å²) in [5.41, 5.74) is 0. The highest BCUT2D eigenvalue weighted by Crippen LogP contribution is 2.23. The number of hydrogen-bond acceptors (Lipinski definition) is 2. The van der Waals surface area contributed by atoms with Gasteiger partial charge in [-0.1, -0.05) is 18.5 Å². The summed E-state index contributed by atoms with van der Waals surface area (Å²) in [7, 11) is 0. The Morgan fingerprint density at radius 1 is 1.64 bits per heavy atom. The van der Waals surface area contributed by atoms with Crippen molar-refractivity contribution < 1.29 is 5.11 Å². The minimum absolute atomic E-state index is 0.246. The van der Waals surface area contributed by atoms with E-state index in [2.05, 4.69) is 0 Å². The lowest BCUT2D eigenvalue weighted by Gasteiger charge is -2.03. The summed E-state index contributed by atoms with van der Waals surface area (Å²) in [5.74, 6) is 0.338. The van der Waals surface area contributed by atoms with Crippen molar-refractivity contribution in [2.24, 2.45) is 5.92 Å². The van der Waals surface area contributed by atoms with Crippen LogP contribution in [0.25, 0.3) is 0 Å². The van der Waals surface area contributed by atoms with Crippen LogP contribution in [0.1, 0.15) is 11.8 Å². The van der Waals surface area contributed by atoms with Crippen LogP contribution in [0.4, 0.5) is 0 Å². The molecule has 3 heteroatoms. The van der Waals surface area contributed by atoms with E-state index in [-0.39, 0.29) is 6.61 Å². The maximum Gasteiger partial charge on any atom is 0.0931 e. The third-order valence-corrected chi connectivity index (χ3v) is 2.74. The molecule has 0 amide bonds. The highest BCUT2D eigenvalue weighted by molar-refractivity contribution is 7.16. The molecule has 1 atom stereocenters. The monoisotopic (exact) mass is 190 g/mol. The van der Waals surface area contributed by atoms with Crippen LogP contribution in [0.15, 0.2) is 12.1 Å². The van der Waals surface area contributed by atoms with Gasteiger partial charge in [0, 0.05) is 11.5 Å². The average molecular weight is 191 g/mol. The lowest BCUT2D eigenvalue weighted by Crippen LogP contribution is -2.02. The molecule has 0 saturated carbocycles. The van der Waals surface area contributed by atoms with Crippen molar-refractivity contribution in [3.05, 3.63) is 21.3 Å². The summed E-state index contributed by atoms with van der Waals surface area (Å²) in [5, 5.41) is 8.77. The first kappa shape index (κ1) is 9.04. The van der Waals surface area contributed by atoms with Gasteiger partial charge >= 0.3 is 0 Å². The molecule has 0 aliphatic rings. The van der Waals surface area contributed by atoms with Gasteiger partial charge in [-0.3, -0.25) is 0 Å². The van der Waals surface area contributed by atoms with E-state index in [4.69, 9.17) is 16.7 Å². The molecule has 1 unspecified atom stereocenters. The molecule has 0 aliphatic carbocycles.